The fourth-order valence-electron chi connectivity index (χ4n) is 1.54. The number of aliphatic hydroxyl groups excluding tert-OH is 1. The van der Waals surface area contributed by atoms with Crippen LogP contribution in [0.15, 0.2) is 18.2 Å². The summed E-state index contributed by atoms with van der Waals surface area (Å²) in [4.78, 5) is 10.4. The van der Waals surface area contributed by atoms with Crippen LogP contribution in [-0.4, -0.2) is 22.3 Å². The Hall–Kier alpha value is -1.35. The fraction of sp³-hybridized carbons (Fsp3) is 0.417. The van der Waals surface area contributed by atoms with Crippen LogP contribution in [0.3, 0.4) is 0 Å². The van der Waals surface area contributed by atoms with Crippen LogP contribution in [-0.2, 0) is 11.2 Å². The molecule has 0 fully saturated rings. The zero-order valence-electron chi connectivity index (χ0n) is 9.03. The molecule has 0 aliphatic heterocycles. The molecule has 1 aromatic carbocycles. The minimum absolute atomic E-state index is 0.263. The van der Waals surface area contributed by atoms with Crippen molar-refractivity contribution < 1.29 is 15.0 Å². The number of carbonyl (C=O) groups is 1. The first-order chi connectivity index (χ1) is 7.00. The van der Waals surface area contributed by atoms with Crippen LogP contribution >= 0.6 is 0 Å². The third kappa shape index (κ3) is 3.36. The molecule has 0 heterocycles. The SMILES string of the molecule is Cc1ccc(CCC(O)C(=O)O)c(C)c1. The van der Waals surface area contributed by atoms with Gasteiger partial charge in [-0.1, -0.05) is 23.8 Å². The first kappa shape index (κ1) is 11.7. The van der Waals surface area contributed by atoms with Crippen LogP contribution < -0.4 is 0 Å². The molecule has 1 rings (SSSR count). The first-order valence-corrected chi connectivity index (χ1v) is 4.97. The van der Waals surface area contributed by atoms with Crippen LogP contribution in [0.25, 0.3) is 0 Å². The van der Waals surface area contributed by atoms with Crippen LogP contribution in [0.4, 0.5) is 0 Å². The maximum atomic E-state index is 10.4. The van der Waals surface area contributed by atoms with Gasteiger partial charge < -0.3 is 10.2 Å². The summed E-state index contributed by atoms with van der Waals surface area (Å²) in [7, 11) is 0. The Morgan fingerprint density at radius 3 is 2.60 bits per heavy atom. The largest absolute Gasteiger partial charge is 0.479 e. The Morgan fingerprint density at radius 1 is 1.40 bits per heavy atom. The Balaban J connectivity index is 2.62. The molecule has 1 atom stereocenters. The van der Waals surface area contributed by atoms with Crippen molar-refractivity contribution in [3.63, 3.8) is 0 Å². The first-order valence-electron chi connectivity index (χ1n) is 4.97. The van der Waals surface area contributed by atoms with Gasteiger partial charge >= 0.3 is 5.97 Å². The van der Waals surface area contributed by atoms with E-state index in [1.807, 2.05) is 26.0 Å². The van der Waals surface area contributed by atoms with Gasteiger partial charge in [-0.3, -0.25) is 0 Å². The molecule has 0 bridgehead atoms. The predicted octanol–water partition coefficient (Wildman–Crippen LogP) is 1.68. The lowest BCUT2D eigenvalue weighted by Crippen LogP contribution is -2.20. The molecule has 0 aliphatic rings. The summed E-state index contributed by atoms with van der Waals surface area (Å²) in [6.45, 7) is 4.01. The maximum absolute atomic E-state index is 10.4. The molecule has 3 nitrogen and oxygen atoms in total. The standard InChI is InChI=1S/C12H16O3/c1-8-3-4-10(9(2)7-8)5-6-11(13)12(14)15/h3-4,7,11,13H,5-6H2,1-2H3,(H,14,15). The second kappa shape index (κ2) is 4.94. The van der Waals surface area contributed by atoms with Crippen molar-refractivity contribution >= 4 is 5.97 Å². The Bertz CT molecular complexity index is 358. The number of aliphatic carboxylic acids is 1. The topological polar surface area (TPSA) is 57.5 Å². The van der Waals surface area contributed by atoms with E-state index in [4.69, 9.17) is 10.2 Å². The average Bonchev–Trinajstić information content (AvgIpc) is 2.15. The highest BCUT2D eigenvalue weighted by Gasteiger charge is 2.12. The monoisotopic (exact) mass is 208 g/mol. The lowest BCUT2D eigenvalue weighted by atomic mass is 10.0. The summed E-state index contributed by atoms with van der Waals surface area (Å²) < 4.78 is 0. The van der Waals surface area contributed by atoms with E-state index >= 15 is 0 Å². The lowest BCUT2D eigenvalue weighted by Gasteiger charge is -2.08. The number of benzene rings is 1. The average molecular weight is 208 g/mol. The van der Waals surface area contributed by atoms with E-state index in [1.54, 1.807) is 0 Å². The summed E-state index contributed by atoms with van der Waals surface area (Å²) >= 11 is 0. The van der Waals surface area contributed by atoms with E-state index in [-0.39, 0.29) is 6.42 Å². The molecule has 3 heteroatoms. The molecule has 15 heavy (non-hydrogen) atoms. The van der Waals surface area contributed by atoms with Crippen molar-refractivity contribution in [3.8, 4) is 0 Å². The normalized spacial score (nSPS) is 12.5. The molecule has 0 radical (unpaired) electrons. The van der Waals surface area contributed by atoms with E-state index in [9.17, 15) is 4.79 Å². The van der Waals surface area contributed by atoms with Gasteiger partial charge in [0.2, 0.25) is 0 Å². The van der Waals surface area contributed by atoms with E-state index < -0.39 is 12.1 Å². The molecule has 0 amide bonds. The summed E-state index contributed by atoms with van der Waals surface area (Å²) in [6.07, 6.45) is -0.399. The predicted molar refractivity (Wildman–Crippen MR) is 57.9 cm³/mol. The number of rotatable bonds is 4. The molecular weight excluding hydrogens is 192 g/mol. The van der Waals surface area contributed by atoms with Crippen LogP contribution in [0.5, 0.6) is 0 Å². The Morgan fingerprint density at radius 2 is 2.07 bits per heavy atom. The molecule has 0 aromatic heterocycles. The third-order valence-corrected chi connectivity index (χ3v) is 2.47. The second-order valence-electron chi connectivity index (χ2n) is 3.82. The number of hydrogen-bond acceptors (Lipinski definition) is 2. The minimum Gasteiger partial charge on any atom is -0.479 e. The van der Waals surface area contributed by atoms with E-state index in [0.29, 0.717) is 6.42 Å². The van der Waals surface area contributed by atoms with Crippen molar-refractivity contribution in [2.24, 2.45) is 0 Å². The summed E-state index contributed by atoms with van der Waals surface area (Å²) in [5.41, 5.74) is 3.43. The van der Waals surface area contributed by atoms with Crippen LogP contribution in [0.2, 0.25) is 0 Å². The molecule has 0 saturated carbocycles. The van der Waals surface area contributed by atoms with Crippen LogP contribution in [0.1, 0.15) is 23.1 Å². The molecule has 82 valence electrons. The minimum atomic E-state index is -1.26. The fourth-order valence-corrected chi connectivity index (χ4v) is 1.54. The van der Waals surface area contributed by atoms with Crippen molar-refractivity contribution in [3.05, 3.63) is 34.9 Å². The van der Waals surface area contributed by atoms with Gasteiger partial charge in [0.15, 0.2) is 6.10 Å². The highest BCUT2D eigenvalue weighted by atomic mass is 16.4. The van der Waals surface area contributed by atoms with Gasteiger partial charge in [0.25, 0.3) is 0 Å². The highest BCUT2D eigenvalue weighted by Crippen LogP contribution is 2.13. The van der Waals surface area contributed by atoms with Gasteiger partial charge in [-0.05, 0) is 37.8 Å². The molecular formula is C12H16O3. The second-order valence-corrected chi connectivity index (χ2v) is 3.82. The zero-order chi connectivity index (χ0) is 11.4. The smallest absolute Gasteiger partial charge is 0.332 e. The Kier molecular flexibility index (Phi) is 3.86. The molecule has 0 saturated heterocycles. The van der Waals surface area contributed by atoms with Gasteiger partial charge in [0, 0.05) is 0 Å². The van der Waals surface area contributed by atoms with Crippen LogP contribution in [0, 0.1) is 13.8 Å². The molecule has 1 aromatic rings. The number of hydrogen-bond donors (Lipinski definition) is 2. The maximum Gasteiger partial charge on any atom is 0.332 e. The van der Waals surface area contributed by atoms with Crippen molar-refractivity contribution in [2.75, 3.05) is 0 Å². The lowest BCUT2D eigenvalue weighted by molar-refractivity contribution is -0.146. The number of aliphatic hydroxyl groups is 1. The summed E-state index contributed by atoms with van der Waals surface area (Å²) in [6, 6.07) is 6.04. The quantitative estimate of drug-likeness (QED) is 0.791. The highest BCUT2D eigenvalue weighted by molar-refractivity contribution is 5.71. The zero-order valence-corrected chi connectivity index (χ0v) is 9.03. The van der Waals surface area contributed by atoms with E-state index in [0.717, 1.165) is 11.1 Å². The summed E-state index contributed by atoms with van der Waals surface area (Å²) in [5.74, 6) is -1.15. The Labute approximate surface area is 89.4 Å². The molecule has 0 spiro atoms. The number of carboxylic acids is 1. The number of carboxylic acid groups (broad SMARTS) is 1. The third-order valence-electron chi connectivity index (χ3n) is 2.47. The van der Waals surface area contributed by atoms with Crippen molar-refractivity contribution in [1.29, 1.82) is 0 Å². The van der Waals surface area contributed by atoms with E-state index in [1.165, 1.54) is 5.56 Å². The van der Waals surface area contributed by atoms with E-state index in [2.05, 4.69) is 6.07 Å². The molecule has 1 unspecified atom stereocenters. The van der Waals surface area contributed by atoms with Gasteiger partial charge in [0.05, 0.1) is 0 Å². The number of aryl methyl sites for hydroxylation is 3. The summed E-state index contributed by atoms with van der Waals surface area (Å²) in [5, 5.41) is 17.7. The van der Waals surface area contributed by atoms with Gasteiger partial charge in [-0.25, -0.2) is 4.79 Å². The van der Waals surface area contributed by atoms with Gasteiger partial charge in [-0.15, -0.1) is 0 Å². The van der Waals surface area contributed by atoms with Gasteiger partial charge in [-0.2, -0.15) is 0 Å². The van der Waals surface area contributed by atoms with Crippen molar-refractivity contribution in [1.82, 2.24) is 0 Å². The van der Waals surface area contributed by atoms with Gasteiger partial charge in [0.1, 0.15) is 0 Å². The molecule has 0 aliphatic carbocycles. The van der Waals surface area contributed by atoms with Crippen molar-refractivity contribution in [2.45, 2.75) is 32.8 Å². The molecule has 2 N–H and O–H groups in total.